The van der Waals surface area contributed by atoms with Crippen LogP contribution < -0.4 is 4.74 Å². The largest absolute Gasteiger partial charge is 0.476 e. The van der Waals surface area contributed by atoms with Crippen LogP contribution in [0.25, 0.3) is 11.2 Å². The second kappa shape index (κ2) is 6.20. The van der Waals surface area contributed by atoms with Crippen LogP contribution in [0.5, 0.6) is 5.88 Å². The molecule has 0 spiro atoms. The fourth-order valence-corrected chi connectivity index (χ4v) is 3.67. The van der Waals surface area contributed by atoms with Crippen LogP contribution in [0.15, 0.2) is 36.9 Å². The van der Waals surface area contributed by atoms with Crippen molar-refractivity contribution in [1.82, 2.24) is 19.5 Å². The molecule has 0 unspecified atom stereocenters. The molecule has 2 heterocycles. The van der Waals surface area contributed by atoms with Crippen LogP contribution >= 0.6 is 0 Å². The zero-order valence-electron chi connectivity index (χ0n) is 13.6. The number of ether oxygens (including phenoxy) is 1. The van der Waals surface area contributed by atoms with Crippen molar-refractivity contribution in [3.8, 4) is 5.88 Å². The van der Waals surface area contributed by atoms with E-state index in [0.717, 1.165) is 18.6 Å². The van der Waals surface area contributed by atoms with E-state index < -0.39 is 0 Å². The lowest BCUT2D eigenvalue weighted by atomic mass is 10.0. The van der Waals surface area contributed by atoms with Gasteiger partial charge in [-0.15, -0.1) is 0 Å². The van der Waals surface area contributed by atoms with E-state index in [1.807, 2.05) is 13.0 Å². The molecule has 0 amide bonds. The summed E-state index contributed by atoms with van der Waals surface area (Å²) in [5.41, 5.74) is 4.07. The molecule has 1 aliphatic rings. The summed E-state index contributed by atoms with van der Waals surface area (Å²) in [4.78, 5) is 13.0. The molecule has 0 fully saturated rings. The first-order valence-corrected chi connectivity index (χ1v) is 8.30. The van der Waals surface area contributed by atoms with Gasteiger partial charge in [0.25, 0.3) is 0 Å². The highest BCUT2D eigenvalue weighted by Crippen LogP contribution is 2.42. The summed E-state index contributed by atoms with van der Waals surface area (Å²) in [5, 5.41) is 9.67. The average molecular weight is 324 g/mol. The Hall–Kier alpha value is -2.47. The Morgan fingerprint density at radius 2 is 1.96 bits per heavy atom. The van der Waals surface area contributed by atoms with Crippen molar-refractivity contribution in [2.75, 3.05) is 13.2 Å². The Bertz CT molecular complexity index is 861. The molecule has 6 heteroatoms. The summed E-state index contributed by atoms with van der Waals surface area (Å²) >= 11 is 0. The quantitative estimate of drug-likeness (QED) is 0.780. The van der Waals surface area contributed by atoms with Crippen molar-refractivity contribution in [3.63, 3.8) is 0 Å². The molecule has 2 aromatic heterocycles. The van der Waals surface area contributed by atoms with Gasteiger partial charge in [0.1, 0.15) is 6.33 Å². The molecule has 4 rings (SSSR count). The average Bonchev–Trinajstić information content (AvgIpc) is 3.18. The first-order chi connectivity index (χ1) is 11.8. The molecule has 6 nitrogen and oxygen atoms in total. The molecule has 0 radical (unpaired) electrons. The number of imidazole rings is 1. The molecule has 1 aromatic carbocycles. The van der Waals surface area contributed by atoms with Gasteiger partial charge in [-0.2, -0.15) is 4.98 Å². The number of rotatable bonds is 5. The molecule has 24 heavy (non-hydrogen) atoms. The summed E-state index contributed by atoms with van der Waals surface area (Å²) in [6, 6.07) is 8.39. The van der Waals surface area contributed by atoms with Crippen LogP contribution in [0.4, 0.5) is 0 Å². The smallest absolute Gasteiger partial charge is 0.245 e. The lowest BCUT2D eigenvalue weighted by Crippen LogP contribution is -2.07. The summed E-state index contributed by atoms with van der Waals surface area (Å²) in [7, 11) is 0. The number of benzene rings is 1. The number of hydrogen-bond acceptors (Lipinski definition) is 5. The topological polar surface area (TPSA) is 73.1 Å². The minimum atomic E-state index is 0.189. The van der Waals surface area contributed by atoms with E-state index in [0.29, 0.717) is 23.9 Å². The predicted octanol–water partition coefficient (Wildman–Crippen LogP) is 2.49. The number of aromatic nitrogens is 4. The van der Waals surface area contributed by atoms with E-state index in [1.54, 1.807) is 6.33 Å². The number of nitrogens with zero attached hydrogens (tertiary/aromatic N) is 4. The second-order valence-corrected chi connectivity index (χ2v) is 6.12. The van der Waals surface area contributed by atoms with Gasteiger partial charge >= 0.3 is 0 Å². The van der Waals surface area contributed by atoms with Crippen LogP contribution in [0, 0.1) is 0 Å². The normalized spacial score (nSPS) is 19.6. The SMILES string of the molecule is CCOc1ncnc2c1ncn2C[C@@H]1C[C@H](CO)c2ccccc21. The standard InChI is InChI=1S/C18H20N4O2/c1-2-24-18-16-17(19-10-20-18)22(11-21-16)8-12-7-13(9-23)15-6-4-3-5-14(12)15/h3-6,10-13,23H,2,7-9H2,1H3/t12-,13+/m0/s1. The molecule has 0 aliphatic heterocycles. The van der Waals surface area contributed by atoms with Crippen molar-refractivity contribution >= 4 is 11.2 Å². The number of fused-ring (bicyclic) bond motifs is 2. The Morgan fingerprint density at radius 1 is 1.17 bits per heavy atom. The molecule has 0 saturated heterocycles. The Labute approximate surface area is 140 Å². The highest BCUT2D eigenvalue weighted by molar-refractivity contribution is 5.75. The van der Waals surface area contributed by atoms with E-state index >= 15 is 0 Å². The third kappa shape index (κ3) is 2.43. The van der Waals surface area contributed by atoms with Crippen molar-refractivity contribution in [1.29, 1.82) is 0 Å². The minimum Gasteiger partial charge on any atom is -0.476 e. The first-order valence-electron chi connectivity index (χ1n) is 8.30. The Balaban J connectivity index is 1.67. The maximum atomic E-state index is 9.67. The van der Waals surface area contributed by atoms with Crippen LogP contribution in [0.1, 0.15) is 36.3 Å². The van der Waals surface area contributed by atoms with Gasteiger partial charge in [-0.1, -0.05) is 24.3 Å². The summed E-state index contributed by atoms with van der Waals surface area (Å²) in [6.07, 6.45) is 4.26. The molecule has 0 bridgehead atoms. The van der Waals surface area contributed by atoms with Gasteiger partial charge in [0.05, 0.1) is 12.9 Å². The van der Waals surface area contributed by atoms with Crippen LogP contribution in [0.2, 0.25) is 0 Å². The van der Waals surface area contributed by atoms with Gasteiger partial charge in [-0.25, -0.2) is 9.97 Å². The van der Waals surface area contributed by atoms with Gasteiger partial charge in [-0.05, 0) is 24.5 Å². The lowest BCUT2D eigenvalue weighted by molar-refractivity contribution is 0.259. The van der Waals surface area contributed by atoms with Gasteiger partial charge < -0.3 is 14.4 Å². The third-order valence-corrected chi connectivity index (χ3v) is 4.73. The summed E-state index contributed by atoms with van der Waals surface area (Å²) < 4.78 is 7.59. The van der Waals surface area contributed by atoms with Crippen LogP contribution in [-0.4, -0.2) is 37.8 Å². The predicted molar refractivity (Wildman–Crippen MR) is 90.1 cm³/mol. The minimum absolute atomic E-state index is 0.189. The molecule has 1 aliphatic carbocycles. The van der Waals surface area contributed by atoms with E-state index in [1.165, 1.54) is 17.5 Å². The van der Waals surface area contributed by atoms with Gasteiger partial charge in [0, 0.05) is 25.0 Å². The Kier molecular flexibility index (Phi) is 3.90. The monoisotopic (exact) mass is 324 g/mol. The zero-order valence-corrected chi connectivity index (χ0v) is 13.6. The molecular weight excluding hydrogens is 304 g/mol. The van der Waals surface area contributed by atoms with E-state index in [-0.39, 0.29) is 12.5 Å². The molecule has 1 N–H and O–H groups in total. The number of aliphatic hydroxyl groups excluding tert-OH is 1. The number of aliphatic hydroxyl groups is 1. The third-order valence-electron chi connectivity index (χ3n) is 4.73. The van der Waals surface area contributed by atoms with Crippen molar-refractivity contribution in [2.24, 2.45) is 0 Å². The maximum absolute atomic E-state index is 9.67. The Morgan fingerprint density at radius 3 is 2.71 bits per heavy atom. The van der Waals surface area contributed by atoms with Crippen molar-refractivity contribution in [3.05, 3.63) is 48.0 Å². The zero-order chi connectivity index (χ0) is 16.5. The fraction of sp³-hybridized carbons (Fsp3) is 0.389. The molecule has 0 saturated carbocycles. The highest BCUT2D eigenvalue weighted by Gasteiger charge is 2.30. The van der Waals surface area contributed by atoms with Crippen LogP contribution in [-0.2, 0) is 6.54 Å². The van der Waals surface area contributed by atoms with E-state index in [2.05, 4.69) is 37.7 Å². The van der Waals surface area contributed by atoms with Crippen molar-refractivity contribution < 1.29 is 9.84 Å². The molecule has 3 aromatic rings. The highest BCUT2D eigenvalue weighted by atomic mass is 16.5. The van der Waals surface area contributed by atoms with Gasteiger partial charge in [0.15, 0.2) is 11.2 Å². The molecule has 2 atom stereocenters. The summed E-state index contributed by atoms with van der Waals surface area (Å²) in [5.74, 6) is 1.09. The van der Waals surface area contributed by atoms with Crippen LogP contribution in [0.3, 0.4) is 0 Å². The lowest BCUT2D eigenvalue weighted by Gasteiger charge is -2.13. The second-order valence-electron chi connectivity index (χ2n) is 6.12. The van der Waals surface area contributed by atoms with E-state index in [9.17, 15) is 5.11 Å². The first kappa shape index (κ1) is 15.1. The molecular formula is C18H20N4O2. The van der Waals surface area contributed by atoms with Gasteiger partial charge in [0.2, 0.25) is 5.88 Å². The van der Waals surface area contributed by atoms with Crippen molar-refractivity contribution in [2.45, 2.75) is 31.7 Å². The summed E-state index contributed by atoms with van der Waals surface area (Å²) in [6.45, 7) is 3.45. The number of hydrogen-bond donors (Lipinski definition) is 1. The molecule has 124 valence electrons. The van der Waals surface area contributed by atoms with E-state index in [4.69, 9.17) is 4.74 Å². The fourth-order valence-electron chi connectivity index (χ4n) is 3.67. The maximum Gasteiger partial charge on any atom is 0.245 e. The van der Waals surface area contributed by atoms with Gasteiger partial charge in [-0.3, -0.25) is 0 Å².